The third-order valence-electron chi connectivity index (χ3n) is 2.49. The van der Waals surface area contributed by atoms with Gasteiger partial charge in [-0.25, -0.2) is 0 Å². The summed E-state index contributed by atoms with van der Waals surface area (Å²) in [7, 11) is 0. The Kier molecular flexibility index (Phi) is 7.52. The molecule has 0 atom stereocenters. The topological polar surface area (TPSA) is 82.1 Å². The van der Waals surface area contributed by atoms with Crippen LogP contribution in [0.25, 0.3) is 0 Å². The summed E-state index contributed by atoms with van der Waals surface area (Å²) in [6.07, 6.45) is 2.69. The first-order valence-corrected chi connectivity index (χ1v) is 6.49. The fourth-order valence-electron chi connectivity index (χ4n) is 1.52. The van der Waals surface area contributed by atoms with Crippen LogP contribution < -0.4 is 0 Å². The molecule has 0 fully saturated rings. The molecule has 0 aromatic carbocycles. The molecule has 0 radical (unpaired) electrons. The number of nitrogens with zero attached hydrogens (tertiary/aromatic N) is 1. The number of ether oxygens (including phenoxy) is 3. The van der Waals surface area contributed by atoms with Gasteiger partial charge in [0.05, 0.1) is 46.0 Å². The Bertz CT molecular complexity index is 361. The smallest absolute Gasteiger partial charge is 0.308 e. The molecule has 0 N–H and O–H groups in total. The van der Waals surface area contributed by atoms with Crippen LogP contribution in [0, 0.1) is 0 Å². The number of hydrogen-bond acceptors (Lipinski definition) is 6. The minimum absolute atomic E-state index is 0.219. The van der Waals surface area contributed by atoms with E-state index in [-0.39, 0.29) is 44.0 Å². The fourth-order valence-corrected chi connectivity index (χ4v) is 1.52. The molecular formula is C13H19NO6. The van der Waals surface area contributed by atoms with Gasteiger partial charge in [-0.1, -0.05) is 0 Å². The molecule has 0 unspecified atom stereocenters. The van der Waals surface area contributed by atoms with Gasteiger partial charge in [-0.2, -0.15) is 0 Å². The summed E-state index contributed by atoms with van der Waals surface area (Å²) in [6.45, 7) is 3.58. The second kappa shape index (κ2) is 9.22. The van der Waals surface area contributed by atoms with Crippen molar-refractivity contribution in [3.05, 3.63) is 12.2 Å². The van der Waals surface area contributed by atoms with Crippen molar-refractivity contribution in [2.45, 2.75) is 13.3 Å². The van der Waals surface area contributed by atoms with E-state index in [1.807, 2.05) is 0 Å². The van der Waals surface area contributed by atoms with Gasteiger partial charge in [-0.15, -0.1) is 0 Å². The summed E-state index contributed by atoms with van der Waals surface area (Å²) in [5.74, 6) is -0.916. The summed E-state index contributed by atoms with van der Waals surface area (Å²) in [5.41, 5.74) is 0. The molecule has 0 aliphatic carbocycles. The van der Waals surface area contributed by atoms with E-state index in [1.54, 1.807) is 6.92 Å². The van der Waals surface area contributed by atoms with E-state index in [1.165, 1.54) is 12.2 Å². The second-order valence-electron chi connectivity index (χ2n) is 3.94. The Morgan fingerprint density at radius 3 is 2.25 bits per heavy atom. The van der Waals surface area contributed by atoms with Crippen molar-refractivity contribution in [1.29, 1.82) is 0 Å². The molecule has 0 spiro atoms. The molecule has 0 saturated heterocycles. The minimum Gasteiger partial charge on any atom is -0.466 e. The summed E-state index contributed by atoms with van der Waals surface area (Å²) in [6, 6.07) is 0. The number of carbonyl (C=O) groups is 3. The van der Waals surface area contributed by atoms with Crippen LogP contribution in [0.3, 0.4) is 0 Å². The van der Waals surface area contributed by atoms with Gasteiger partial charge < -0.3 is 14.2 Å². The lowest BCUT2D eigenvalue weighted by molar-refractivity contribution is -0.144. The van der Waals surface area contributed by atoms with Crippen molar-refractivity contribution < 1.29 is 28.6 Å². The van der Waals surface area contributed by atoms with Gasteiger partial charge in [0.1, 0.15) is 0 Å². The summed E-state index contributed by atoms with van der Waals surface area (Å²) in [4.78, 5) is 34.5. The molecule has 1 heterocycles. The van der Waals surface area contributed by atoms with Crippen LogP contribution in [0.2, 0.25) is 0 Å². The van der Waals surface area contributed by atoms with E-state index in [2.05, 4.69) is 0 Å². The van der Waals surface area contributed by atoms with Crippen LogP contribution in [0.15, 0.2) is 12.2 Å². The average Bonchev–Trinajstić information content (AvgIpc) is 2.73. The lowest BCUT2D eigenvalue weighted by Gasteiger charge is -2.13. The lowest BCUT2D eigenvalue weighted by Crippen LogP contribution is -2.33. The van der Waals surface area contributed by atoms with E-state index >= 15 is 0 Å². The molecule has 112 valence electrons. The minimum atomic E-state index is -0.315. The van der Waals surface area contributed by atoms with Gasteiger partial charge in [-0.05, 0) is 6.92 Å². The highest BCUT2D eigenvalue weighted by atomic mass is 16.5. The number of rotatable bonds is 10. The van der Waals surface area contributed by atoms with Crippen LogP contribution in [0.4, 0.5) is 0 Å². The molecule has 0 bridgehead atoms. The molecule has 7 heteroatoms. The lowest BCUT2D eigenvalue weighted by atomic mass is 10.5. The quantitative estimate of drug-likeness (QED) is 0.317. The van der Waals surface area contributed by atoms with E-state index < -0.39 is 0 Å². The van der Waals surface area contributed by atoms with Crippen molar-refractivity contribution in [3.8, 4) is 0 Å². The predicted octanol–water partition coefficient (Wildman–Crippen LogP) is -0.102. The van der Waals surface area contributed by atoms with Crippen molar-refractivity contribution in [2.24, 2.45) is 0 Å². The fraction of sp³-hybridized carbons (Fsp3) is 0.615. The van der Waals surface area contributed by atoms with Gasteiger partial charge in [-0.3, -0.25) is 19.3 Å². The first-order chi connectivity index (χ1) is 9.65. The van der Waals surface area contributed by atoms with Crippen molar-refractivity contribution in [1.82, 2.24) is 4.90 Å². The number of imide groups is 1. The largest absolute Gasteiger partial charge is 0.466 e. The maximum absolute atomic E-state index is 11.2. The highest BCUT2D eigenvalue weighted by Crippen LogP contribution is 2.02. The molecule has 0 saturated carbocycles. The first-order valence-electron chi connectivity index (χ1n) is 6.49. The molecule has 0 aromatic heterocycles. The van der Waals surface area contributed by atoms with Gasteiger partial charge in [0.15, 0.2) is 0 Å². The number of carbonyl (C=O) groups excluding carboxylic acids is 3. The Hall–Kier alpha value is -1.73. The molecule has 1 aliphatic rings. The highest BCUT2D eigenvalue weighted by molar-refractivity contribution is 6.12. The Balaban J connectivity index is 1.92. The molecule has 20 heavy (non-hydrogen) atoms. The molecule has 7 nitrogen and oxygen atoms in total. The van der Waals surface area contributed by atoms with Crippen LogP contribution in [-0.4, -0.2) is 62.3 Å². The van der Waals surface area contributed by atoms with E-state index in [0.717, 1.165) is 4.90 Å². The second-order valence-corrected chi connectivity index (χ2v) is 3.94. The zero-order valence-electron chi connectivity index (χ0n) is 11.5. The molecule has 1 aliphatic heterocycles. The van der Waals surface area contributed by atoms with Crippen molar-refractivity contribution >= 4 is 17.8 Å². The SMILES string of the molecule is CCOC(=O)CCOCCOCCN1C(=O)C=CC1=O. The normalized spacial score (nSPS) is 14.2. The summed E-state index contributed by atoms with van der Waals surface area (Å²) >= 11 is 0. The van der Waals surface area contributed by atoms with Crippen LogP contribution >= 0.6 is 0 Å². The molecular weight excluding hydrogens is 266 g/mol. The molecule has 1 rings (SSSR count). The van der Waals surface area contributed by atoms with Crippen molar-refractivity contribution in [3.63, 3.8) is 0 Å². The third-order valence-corrected chi connectivity index (χ3v) is 2.49. The van der Waals surface area contributed by atoms with Crippen LogP contribution in [-0.2, 0) is 28.6 Å². The van der Waals surface area contributed by atoms with Gasteiger partial charge in [0.25, 0.3) is 11.8 Å². The monoisotopic (exact) mass is 285 g/mol. The maximum Gasteiger partial charge on any atom is 0.308 e. The Morgan fingerprint density at radius 1 is 1.05 bits per heavy atom. The van der Waals surface area contributed by atoms with Gasteiger partial charge >= 0.3 is 5.97 Å². The predicted molar refractivity (Wildman–Crippen MR) is 68.7 cm³/mol. The first kappa shape index (κ1) is 16.3. The van der Waals surface area contributed by atoms with Crippen LogP contribution in [0.1, 0.15) is 13.3 Å². The van der Waals surface area contributed by atoms with Crippen LogP contribution in [0.5, 0.6) is 0 Å². The summed E-state index contributed by atoms with van der Waals surface area (Å²) in [5, 5.41) is 0. The highest BCUT2D eigenvalue weighted by Gasteiger charge is 2.22. The number of amides is 2. The number of esters is 1. The summed E-state index contributed by atoms with van der Waals surface area (Å²) < 4.78 is 15.1. The van der Waals surface area contributed by atoms with E-state index in [9.17, 15) is 14.4 Å². The standard InChI is InChI=1S/C13H19NO6/c1-2-20-13(17)5-7-18-9-10-19-8-6-14-11(15)3-4-12(14)16/h3-4H,2,5-10H2,1H3. The average molecular weight is 285 g/mol. The van der Waals surface area contributed by atoms with Gasteiger partial charge in [0, 0.05) is 12.2 Å². The molecule has 0 aromatic rings. The zero-order valence-corrected chi connectivity index (χ0v) is 11.5. The maximum atomic E-state index is 11.2. The Morgan fingerprint density at radius 2 is 1.65 bits per heavy atom. The van der Waals surface area contributed by atoms with E-state index in [0.29, 0.717) is 19.8 Å². The van der Waals surface area contributed by atoms with E-state index in [4.69, 9.17) is 14.2 Å². The third kappa shape index (κ3) is 5.94. The Labute approximate surface area is 117 Å². The molecule has 2 amide bonds. The van der Waals surface area contributed by atoms with Gasteiger partial charge in [0.2, 0.25) is 0 Å². The van der Waals surface area contributed by atoms with Crippen molar-refractivity contribution in [2.75, 3.05) is 39.6 Å². The number of hydrogen-bond donors (Lipinski definition) is 0. The zero-order chi connectivity index (χ0) is 14.8.